The Balaban J connectivity index is 2.08. The lowest BCUT2D eigenvalue weighted by Crippen LogP contribution is -2.40. The van der Waals surface area contributed by atoms with E-state index < -0.39 is 10.0 Å². The Morgan fingerprint density at radius 2 is 2.29 bits per heavy atom. The summed E-state index contributed by atoms with van der Waals surface area (Å²) < 4.78 is 33.6. The van der Waals surface area contributed by atoms with Crippen molar-refractivity contribution >= 4 is 21.4 Å². The van der Waals surface area contributed by atoms with E-state index in [4.69, 9.17) is 4.74 Å². The van der Waals surface area contributed by atoms with Crippen molar-refractivity contribution < 1.29 is 13.2 Å². The van der Waals surface area contributed by atoms with Crippen LogP contribution < -0.4 is 10.0 Å². The molecule has 2 rings (SSSR count). The van der Waals surface area contributed by atoms with Crippen LogP contribution in [-0.4, -0.2) is 33.7 Å². The van der Waals surface area contributed by atoms with Crippen molar-refractivity contribution in [3.8, 4) is 0 Å². The molecule has 0 aliphatic carbocycles. The molecule has 0 saturated carbocycles. The zero-order valence-electron chi connectivity index (χ0n) is 12.8. The minimum atomic E-state index is -3.46. The van der Waals surface area contributed by atoms with Crippen molar-refractivity contribution in [1.82, 2.24) is 10.0 Å². The van der Waals surface area contributed by atoms with Crippen LogP contribution in [0.2, 0.25) is 0 Å². The van der Waals surface area contributed by atoms with E-state index in [0.29, 0.717) is 10.8 Å². The zero-order chi connectivity index (χ0) is 15.5. The lowest BCUT2D eigenvalue weighted by molar-refractivity contribution is 0.0902. The van der Waals surface area contributed by atoms with E-state index in [9.17, 15) is 8.42 Å². The van der Waals surface area contributed by atoms with Gasteiger partial charge in [0.25, 0.3) is 0 Å². The summed E-state index contributed by atoms with van der Waals surface area (Å²) in [5.41, 5.74) is 1.02. The predicted molar refractivity (Wildman–Crippen MR) is 85.2 cm³/mol. The topological polar surface area (TPSA) is 67.4 Å². The number of ether oxygens (including phenoxy) is 1. The second-order valence-corrected chi connectivity index (χ2v) is 8.49. The van der Waals surface area contributed by atoms with E-state index in [1.807, 2.05) is 20.8 Å². The van der Waals surface area contributed by atoms with Crippen molar-refractivity contribution in [1.29, 1.82) is 0 Å². The highest BCUT2D eigenvalue weighted by Gasteiger charge is 2.28. The first-order valence-electron chi connectivity index (χ1n) is 7.38. The first kappa shape index (κ1) is 16.9. The van der Waals surface area contributed by atoms with E-state index in [-0.39, 0.29) is 12.1 Å². The van der Waals surface area contributed by atoms with E-state index in [1.54, 1.807) is 6.07 Å². The predicted octanol–water partition coefficient (Wildman–Crippen LogP) is 2.01. The lowest BCUT2D eigenvalue weighted by atomic mass is 10.1. The molecule has 7 heteroatoms. The van der Waals surface area contributed by atoms with Crippen LogP contribution in [0.1, 0.15) is 37.1 Å². The highest BCUT2D eigenvalue weighted by Crippen LogP contribution is 2.26. The highest BCUT2D eigenvalue weighted by atomic mass is 32.2. The standard InChI is InChI=1S/C14H24N2O3S2/c1-4-15-9-13-10(2)8-14(20-13)21(17,18)16-11(3)12-6-5-7-19-12/h8,11-12,15-16H,4-7,9H2,1-3H3. The fourth-order valence-electron chi connectivity index (χ4n) is 2.41. The van der Waals surface area contributed by atoms with Crippen molar-refractivity contribution in [2.45, 2.75) is 56.5 Å². The number of hydrogen-bond donors (Lipinski definition) is 2. The molecule has 2 atom stereocenters. The van der Waals surface area contributed by atoms with Gasteiger partial charge in [-0.2, -0.15) is 0 Å². The van der Waals surface area contributed by atoms with Crippen LogP contribution in [0.25, 0.3) is 0 Å². The average Bonchev–Trinajstić information content (AvgIpc) is 3.05. The third kappa shape index (κ3) is 4.26. The second kappa shape index (κ2) is 7.19. The summed E-state index contributed by atoms with van der Waals surface area (Å²) in [5.74, 6) is 0. The van der Waals surface area contributed by atoms with Crippen LogP contribution in [0, 0.1) is 6.92 Å². The normalized spacial score (nSPS) is 20.8. The van der Waals surface area contributed by atoms with Crippen molar-refractivity contribution in [2.75, 3.05) is 13.2 Å². The third-order valence-electron chi connectivity index (χ3n) is 3.66. The molecule has 1 aliphatic rings. The number of hydrogen-bond acceptors (Lipinski definition) is 5. The summed E-state index contributed by atoms with van der Waals surface area (Å²) >= 11 is 1.34. The molecule has 1 fully saturated rings. The van der Waals surface area contributed by atoms with Gasteiger partial charge in [-0.1, -0.05) is 6.92 Å². The average molecular weight is 332 g/mol. The first-order chi connectivity index (χ1) is 9.94. The van der Waals surface area contributed by atoms with Gasteiger partial charge in [-0.25, -0.2) is 13.1 Å². The largest absolute Gasteiger partial charge is 0.377 e. The summed E-state index contributed by atoms with van der Waals surface area (Å²) in [6.07, 6.45) is 1.91. The molecule has 0 aromatic carbocycles. The van der Waals surface area contributed by atoms with Crippen LogP contribution in [0.5, 0.6) is 0 Å². The molecule has 0 spiro atoms. The van der Waals surface area contributed by atoms with E-state index >= 15 is 0 Å². The summed E-state index contributed by atoms with van der Waals surface area (Å²) in [4.78, 5) is 1.07. The molecule has 2 heterocycles. The zero-order valence-corrected chi connectivity index (χ0v) is 14.4. The Morgan fingerprint density at radius 3 is 2.90 bits per heavy atom. The maximum absolute atomic E-state index is 12.5. The quantitative estimate of drug-likeness (QED) is 0.801. The number of aryl methyl sites for hydroxylation is 1. The van der Waals surface area contributed by atoms with Gasteiger partial charge in [-0.15, -0.1) is 11.3 Å². The van der Waals surface area contributed by atoms with E-state index in [1.165, 1.54) is 11.3 Å². The molecular formula is C14H24N2O3S2. The number of nitrogens with one attached hydrogen (secondary N) is 2. The van der Waals surface area contributed by atoms with Gasteiger partial charge in [0.15, 0.2) is 0 Å². The van der Waals surface area contributed by atoms with Gasteiger partial charge in [0.2, 0.25) is 10.0 Å². The van der Waals surface area contributed by atoms with Crippen LogP contribution in [0.4, 0.5) is 0 Å². The fourth-order valence-corrected chi connectivity index (χ4v) is 5.26. The van der Waals surface area contributed by atoms with Crippen molar-refractivity contribution in [3.05, 3.63) is 16.5 Å². The molecule has 0 bridgehead atoms. The molecule has 1 aromatic heterocycles. The lowest BCUT2D eigenvalue weighted by Gasteiger charge is -2.19. The van der Waals surface area contributed by atoms with Gasteiger partial charge in [0.1, 0.15) is 4.21 Å². The molecule has 1 aliphatic heterocycles. The molecule has 2 N–H and O–H groups in total. The van der Waals surface area contributed by atoms with Crippen molar-refractivity contribution in [3.63, 3.8) is 0 Å². The van der Waals surface area contributed by atoms with E-state index in [0.717, 1.165) is 36.4 Å². The molecule has 120 valence electrons. The second-order valence-electron chi connectivity index (χ2n) is 5.41. The molecule has 1 aromatic rings. The Morgan fingerprint density at radius 1 is 1.52 bits per heavy atom. The maximum atomic E-state index is 12.5. The van der Waals surface area contributed by atoms with Crippen LogP contribution >= 0.6 is 11.3 Å². The van der Waals surface area contributed by atoms with Gasteiger partial charge in [0.05, 0.1) is 6.10 Å². The number of sulfonamides is 1. The molecule has 5 nitrogen and oxygen atoms in total. The monoisotopic (exact) mass is 332 g/mol. The van der Waals surface area contributed by atoms with Crippen LogP contribution in [0.15, 0.2) is 10.3 Å². The number of rotatable bonds is 7. The molecule has 1 saturated heterocycles. The summed E-state index contributed by atoms with van der Waals surface area (Å²) in [5, 5.41) is 3.23. The van der Waals surface area contributed by atoms with Crippen LogP contribution in [-0.2, 0) is 21.3 Å². The Bertz CT molecular complexity index is 563. The number of thiophene rings is 1. The maximum Gasteiger partial charge on any atom is 0.250 e. The summed E-state index contributed by atoms with van der Waals surface area (Å²) in [6, 6.07) is 1.55. The molecule has 0 radical (unpaired) electrons. The Hall–Kier alpha value is -0.470. The summed E-state index contributed by atoms with van der Waals surface area (Å²) in [6.45, 7) is 8.16. The van der Waals surface area contributed by atoms with E-state index in [2.05, 4.69) is 10.0 Å². The SMILES string of the molecule is CCNCc1sc(S(=O)(=O)NC(C)C2CCCO2)cc1C. The third-order valence-corrected chi connectivity index (χ3v) is 6.93. The van der Waals surface area contributed by atoms with Gasteiger partial charge >= 0.3 is 0 Å². The molecule has 2 unspecified atom stereocenters. The molecule has 0 amide bonds. The van der Waals surface area contributed by atoms with Crippen LogP contribution in [0.3, 0.4) is 0 Å². The van der Waals surface area contributed by atoms with Crippen molar-refractivity contribution in [2.24, 2.45) is 0 Å². The smallest absolute Gasteiger partial charge is 0.250 e. The summed E-state index contributed by atoms with van der Waals surface area (Å²) in [7, 11) is -3.46. The Labute approximate surface area is 131 Å². The first-order valence-corrected chi connectivity index (χ1v) is 9.68. The Kier molecular flexibility index (Phi) is 5.79. The highest BCUT2D eigenvalue weighted by molar-refractivity contribution is 7.91. The van der Waals surface area contributed by atoms with Gasteiger partial charge < -0.3 is 10.1 Å². The fraction of sp³-hybridized carbons (Fsp3) is 0.714. The van der Waals surface area contributed by atoms with Gasteiger partial charge in [-0.3, -0.25) is 0 Å². The van der Waals surface area contributed by atoms with Gasteiger partial charge in [0, 0.05) is 24.1 Å². The minimum Gasteiger partial charge on any atom is -0.377 e. The minimum absolute atomic E-state index is 0.0120. The molecular weight excluding hydrogens is 308 g/mol. The molecule has 21 heavy (non-hydrogen) atoms. The van der Waals surface area contributed by atoms with Gasteiger partial charge in [-0.05, 0) is 44.9 Å².